The molecule has 0 atom stereocenters. The lowest BCUT2D eigenvalue weighted by Gasteiger charge is -2.10. The minimum Gasteiger partial charge on any atom is -0.618 e. The van der Waals surface area contributed by atoms with Gasteiger partial charge in [-0.1, -0.05) is 12.1 Å². The number of hydrogen-bond acceptors (Lipinski definition) is 5. The summed E-state index contributed by atoms with van der Waals surface area (Å²) in [5.74, 6) is -0.603. The molecule has 7 nitrogen and oxygen atoms in total. The first-order valence-corrected chi connectivity index (χ1v) is 5.70. The van der Waals surface area contributed by atoms with Crippen LogP contribution in [0, 0.1) is 5.21 Å². The summed E-state index contributed by atoms with van der Waals surface area (Å²) in [6, 6.07) is 6.53. The van der Waals surface area contributed by atoms with Crippen molar-refractivity contribution in [3.63, 3.8) is 0 Å². The van der Waals surface area contributed by atoms with Crippen LogP contribution in [0.4, 0.5) is 0 Å². The molecule has 1 aromatic heterocycles. The van der Waals surface area contributed by atoms with E-state index in [4.69, 9.17) is 5.11 Å². The van der Waals surface area contributed by atoms with Crippen molar-refractivity contribution in [3.05, 3.63) is 40.9 Å². The van der Waals surface area contributed by atoms with E-state index in [9.17, 15) is 15.1 Å². The van der Waals surface area contributed by atoms with E-state index in [2.05, 4.69) is 10.3 Å². The highest BCUT2D eigenvalue weighted by molar-refractivity contribution is 5.94. The minimum absolute atomic E-state index is 0.0526. The maximum absolute atomic E-state index is 12.0. The number of amides is 1. The molecule has 0 fully saturated rings. The molecule has 1 amide bonds. The highest BCUT2D eigenvalue weighted by Crippen LogP contribution is 2.11. The molecule has 0 saturated heterocycles. The van der Waals surface area contributed by atoms with E-state index in [1.807, 2.05) is 0 Å². The van der Waals surface area contributed by atoms with E-state index in [0.29, 0.717) is 10.2 Å². The molecule has 19 heavy (non-hydrogen) atoms. The van der Waals surface area contributed by atoms with Crippen LogP contribution in [0.25, 0.3) is 11.0 Å². The number of aromatic nitrogens is 2. The van der Waals surface area contributed by atoms with Crippen molar-refractivity contribution in [1.29, 1.82) is 0 Å². The normalized spacial score (nSPS) is 10.6. The third kappa shape index (κ3) is 2.47. The first-order valence-electron chi connectivity index (χ1n) is 5.70. The number of aliphatic hydroxyl groups excluding tert-OH is 2. The fraction of sp³-hybridized carbons (Fsp3) is 0.250. The molecular formula is C12H13N3O4. The summed E-state index contributed by atoms with van der Waals surface area (Å²) in [6.45, 7) is -0.758. The lowest BCUT2D eigenvalue weighted by molar-refractivity contribution is -0.589. The Hall–Kier alpha value is -2.25. The van der Waals surface area contributed by atoms with E-state index < -0.39 is 12.5 Å². The Bertz CT molecular complexity index is 615. The van der Waals surface area contributed by atoms with Crippen molar-refractivity contribution in [3.8, 4) is 0 Å². The highest BCUT2D eigenvalue weighted by Gasteiger charge is 2.23. The van der Waals surface area contributed by atoms with Crippen molar-refractivity contribution >= 4 is 16.9 Å². The molecule has 3 N–H and O–H groups in total. The van der Waals surface area contributed by atoms with E-state index >= 15 is 0 Å². The van der Waals surface area contributed by atoms with Gasteiger partial charge in [0.25, 0.3) is 5.91 Å². The summed E-state index contributed by atoms with van der Waals surface area (Å²) in [7, 11) is 0. The fourth-order valence-electron chi connectivity index (χ4n) is 1.73. The number of benzene rings is 1. The third-order valence-corrected chi connectivity index (χ3v) is 2.61. The Morgan fingerprint density at radius 1 is 1.37 bits per heavy atom. The van der Waals surface area contributed by atoms with Crippen molar-refractivity contribution in [1.82, 2.24) is 10.3 Å². The van der Waals surface area contributed by atoms with Gasteiger partial charge < -0.3 is 20.7 Å². The SMILES string of the molecule is O=C(NCCO)c1nc2ccccc2[n+]([O-])c1CO. The standard InChI is InChI=1S/C12H13N3O4/c16-6-5-13-12(18)11-10(7-17)15(19)9-4-2-1-3-8(9)14-11/h1-4,16-17H,5-7H2,(H,13,18). The fourth-order valence-corrected chi connectivity index (χ4v) is 1.73. The number of carbonyl (C=O) groups is 1. The molecule has 1 heterocycles. The lowest BCUT2D eigenvalue weighted by atomic mass is 10.2. The summed E-state index contributed by atoms with van der Waals surface area (Å²) in [5.41, 5.74) is 0.396. The summed E-state index contributed by atoms with van der Waals surface area (Å²) >= 11 is 0. The van der Waals surface area contributed by atoms with E-state index in [1.165, 1.54) is 0 Å². The second-order valence-electron chi connectivity index (χ2n) is 3.83. The molecule has 0 saturated carbocycles. The van der Waals surface area contributed by atoms with Crippen LogP contribution >= 0.6 is 0 Å². The molecule has 0 unspecified atom stereocenters. The van der Waals surface area contributed by atoms with Gasteiger partial charge in [-0.2, -0.15) is 4.73 Å². The quantitative estimate of drug-likeness (QED) is 0.488. The van der Waals surface area contributed by atoms with E-state index in [0.717, 1.165) is 0 Å². The van der Waals surface area contributed by atoms with Crippen molar-refractivity contribution in [2.24, 2.45) is 0 Å². The van der Waals surface area contributed by atoms with Crippen LogP contribution in [0.15, 0.2) is 24.3 Å². The van der Waals surface area contributed by atoms with Crippen LogP contribution in [0.3, 0.4) is 0 Å². The Morgan fingerprint density at radius 3 is 2.79 bits per heavy atom. The van der Waals surface area contributed by atoms with E-state index in [1.54, 1.807) is 24.3 Å². The van der Waals surface area contributed by atoms with E-state index in [-0.39, 0.29) is 30.1 Å². The van der Waals surface area contributed by atoms with Crippen LogP contribution in [0.5, 0.6) is 0 Å². The zero-order valence-corrected chi connectivity index (χ0v) is 10.0. The Balaban J connectivity index is 2.56. The first kappa shape index (κ1) is 13.2. The van der Waals surface area contributed by atoms with Gasteiger partial charge >= 0.3 is 0 Å². The number of nitrogens with zero attached hydrogens (tertiary/aromatic N) is 2. The maximum atomic E-state index is 12.0. The molecule has 2 rings (SSSR count). The Labute approximate surface area is 108 Å². The van der Waals surface area contributed by atoms with Gasteiger partial charge in [0, 0.05) is 12.6 Å². The molecule has 1 aromatic carbocycles. The number of nitrogens with one attached hydrogen (secondary N) is 1. The van der Waals surface area contributed by atoms with Gasteiger partial charge in [-0.3, -0.25) is 4.79 Å². The van der Waals surface area contributed by atoms with Gasteiger partial charge in [0.05, 0.1) is 6.61 Å². The molecule has 0 spiro atoms. The number of carbonyl (C=O) groups excluding carboxylic acids is 1. The number of aliphatic hydroxyl groups is 2. The maximum Gasteiger partial charge on any atom is 0.276 e. The predicted molar refractivity (Wildman–Crippen MR) is 66.0 cm³/mol. The molecule has 7 heteroatoms. The molecule has 100 valence electrons. The van der Waals surface area contributed by atoms with Crippen molar-refractivity contribution in [2.75, 3.05) is 13.2 Å². The second-order valence-corrected chi connectivity index (χ2v) is 3.83. The average Bonchev–Trinajstić information content (AvgIpc) is 2.44. The highest BCUT2D eigenvalue weighted by atomic mass is 16.5. The van der Waals surface area contributed by atoms with Crippen LogP contribution in [-0.4, -0.2) is 34.3 Å². The molecule has 0 aliphatic heterocycles. The minimum atomic E-state index is -0.603. The van der Waals surface area contributed by atoms with Crippen LogP contribution in [-0.2, 0) is 6.61 Å². The number of fused-ring (bicyclic) bond motifs is 1. The summed E-state index contributed by atoms with van der Waals surface area (Å²) < 4.78 is 0.496. The molecule has 2 aromatic rings. The molecule has 0 aliphatic carbocycles. The second kappa shape index (κ2) is 5.59. The Kier molecular flexibility index (Phi) is 3.88. The Morgan fingerprint density at radius 2 is 2.11 bits per heavy atom. The van der Waals surface area contributed by atoms with Gasteiger partial charge in [0.1, 0.15) is 12.1 Å². The molecule has 0 radical (unpaired) electrons. The van der Waals surface area contributed by atoms with Gasteiger partial charge in [-0.15, -0.1) is 0 Å². The third-order valence-electron chi connectivity index (χ3n) is 2.61. The van der Waals surface area contributed by atoms with Crippen molar-refractivity contribution < 1.29 is 19.7 Å². The molecular weight excluding hydrogens is 250 g/mol. The molecule has 0 aliphatic rings. The van der Waals surface area contributed by atoms with Crippen LogP contribution in [0.2, 0.25) is 0 Å². The summed E-state index contributed by atoms with van der Waals surface area (Å²) in [6.07, 6.45) is 0. The predicted octanol–water partition coefficient (Wildman–Crippen LogP) is -0.917. The monoisotopic (exact) mass is 263 g/mol. The smallest absolute Gasteiger partial charge is 0.276 e. The zero-order valence-electron chi connectivity index (χ0n) is 10.0. The number of hydrogen-bond donors (Lipinski definition) is 3. The topological polar surface area (TPSA) is 109 Å². The van der Waals surface area contributed by atoms with Gasteiger partial charge in [0.15, 0.2) is 5.69 Å². The van der Waals surface area contributed by atoms with Gasteiger partial charge in [-0.25, -0.2) is 4.98 Å². The van der Waals surface area contributed by atoms with Crippen LogP contribution in [0.1, 0.15) is 16.2 Å². The zero-order chi connectivity index (χ0) is 13.8. The number of para-hydroxylation sites is 2. The first-order chi connectivity index (χ1) is 9.19. The molecule has 0 bridgehead atoms. The summed E-state index contributed by atoms with van der Waals surface area (Å²) in [4.78, 5) is 15.9. The lowest BCUT2D eigenvalue weighted by Crippen LogP contribution is -2.39. The number of rotatable bonds is 4. The largest absolute Gasteiger partial charge is 0.618 e. The van der Waals surface area contributed by atoms with Gasteiger partial charge in [-0.05, 0) is 6.07 Å². The summed E-state index contributed by atoms with van der Waals surface area (Å²) in [5, 5.41) is 32.4. The van der Waals surface area contributed by atoms with Gasteiger partial charge in [0.2, 0.25) is 11.2 Å². The average molecular weight is 263 g/mol. The van der Waals surface area contributed by atoms with Crippen molar-refractivity contribution in [2.45, 2.75) is 6.61 Å². The van der Waals surface area contributed by atoms with Crippen LogP contribution < -0.4 is 10.0 Å².